The van der Waals surface area contributed by atoms with Gasteiger partial charge in [0.25, 0.3) is 0 Å². The Morgan fingerprint density at radius 2 is 2.28 bits per heavy atom. The van der Waals surface area contributed by atoms with Gasteiger partial charge in [0.1, 0.15) is 0 Å². The summed E-state index contributed by atoms with van der Waals surface area (Å²) in [5, 5.41) is 13.2. The first-order valence-corrected chi connectivity index (χ1v) is 6.55. The molecule has 1 saturated carbocycles. The van der Waals surface area contributed by atoms with Crippen molar-refractivity contribution in [3.63, 3.8) is 0 Å². The fourth-order valence-electron chi connectivity index (χ4n) is 2.28. The molecule has 100 valence electrons. The van der Waals surface area contributed by atoms with Gasteiger partial charge in [-0.25, -0.2) is 4.79 Å². The van der Waals surface area contributed by atoms with E-state index in [1.54, 1.807) is 0 Å². The number of aliphatic carboxylic acids is 1. The fraction of sp³-hybridized carbons (Fsp3) is 0.692. The van der Waals surface area contributed by atoms with Gasteiger partial charge in [-0.1, -0.05) is 19.3 Å². The zero-order chi connectivity index (χ0) is 13.0. The van der Waals surface area contributed by atoms with E-state index in [9.17, 15) is 4.79 Å². The fourth-order valence-corrected chi connectivity index (χ4v) is 2.28. The molecule has 5 nitrogen and oxygen atoms in total. The van der Waals surface area contributed by atoms with Crippen LogP contribution in [0.4, 0.5) is 0 Å². The summed E-state index contributed by atoms with van der Waals surface area (Å²) in [4.78, 5) is 10.6. The zero-order valence-electron chi connectivity index (χ0n) is 10.7. The van der Waals surface area contributed by atoms with Crippen molar-refractivity contribution in [2.45, 2.75) is 57.8 Å². The minimum Gasteiger partial charge on any atom is -0.479 e. The first kappa shape index (κ1) is 13.1. The second-order valence-electron chi connectivity index (χ2n) is 4.87. The van der Waals surface area contributed by atoms with E-state index < -0.39 is 12.1 Å². The maximum atomic E-state index is 10.6. The van der Waals surface area contributed by atoms with Crippen LogP contribution in [-0.4, -0.2) is 27.0 Å². The topological polar surface area (TPSA) is 64.4 Å². The molecule has 1 N–H and O–H groups in total. The maximum absolute atomic E-state index is 10.6. The molecule has 1 aromatic heterocycles. The molecule has 1 aliphatic rings. The van der Waals surface area contributed by atoms with Crippen molar-refractivity contribution < 1.29 is 14.6 Å². The number of carboxylic acids is 1. The molecule has 0 unspecified atom stereocenters. The Bertz CT molecular complexity index is 397. The summed E-state index contributed by atoms with van der Waals surface area (Å²) in [6.07, 6.45) is 7.42. The number of nitrogens with zero attached hydrogens (tertiary/aromatic N) is 2. The Labute approximate surface area is 107 Å². The van der Waals surface area contributed by atoms with Gasteiger partial charge in [0.2, 0.25) is 0 Å². The quantitative estimate of drug-likeness (QED) is 0.873. The minimum absolute atomic E-state index is 0.257. The van der Waals surface area contributed by atoms with Crippen molar-refractivity contribution in [1.82, 2.24) is 9.78 Å². The molecule has 1 heterocycles. The Kier molecular flexibility index (Phi) is 4.36. The third-order valence-corrected chi connectivity index (χ3v) is 3.44. The predicted octanol–water partition coefficient (Wildman–Crippen LogP) is 2.38. The van der Waals surface area contributed by atoms with E-state index >= 15 is 0 Å². The molecule has 0 aliphatic heterocycles. The van der Waals surface area contributed by atoms with Crippen molar-refractivity contribution in [3.05, 3.63) is 18.0 Å². The van der Waals surface area contributed by atoms with Crippen LogP contribution in [0, 0.1) is 0 Å². The lowest BCUT2D eigenvalue weighted by Gasteiger charge is -2.21. The maximum Gasteiger partial charge on any atom is 0.332 e. The second-order valence-corrected chi connectivity index (χ2v) is 4.87. The molecule has 0 spiro atoms. The van der Waals surface area contributed by atoms with Gasteiger partial charge in [-0.05, 0) is 25.8 Å². The van der Waals surface area contributed by atoms with Crippen LogP contribution >= 0.6 is 0 Å². The highest BCUT2D eigenvalue weighted by Gasteiger charge is 2.17. The molecule has 1 atom stereocenters. The Balaban J connectivity index is 1.87. The number of ether oxygens (including phenoxy) is 1. The van der Waals surface area contributed by atoms with E-state index in [1.165, 1.54) is 39.0 Å². The molecular formula is C13H20N2O3. The van der Waals surface area contributed by atoms with E-state index in [-0.39, 0.29) is 6.61 Å². The van der Waals surface area contributed by atoms with Gasteiger partial charge in [-0.2, -0.15) is 5.10 Å². The van der Waals surface area contributed by atoms with E-state index in [2.05, 4.69) is 5.10 Å². The highest BCUT2D eigenvalue weighted by atomic mass is 16.5. The molecule has 0 bridgehead atoms. The smallest absolute Gasteiger partial charge is 0.332 e. The van der Waals surface area contributed by atoms with Crippen LogP contribution in [0.1, 0.15) is 50.8 Å². The van der Waals surface area contributed by atoms with Gasteiger partial charge in [-0.3, -0.25) is 4.68 Å². The summed E-state index contributed by atoms with van der Waals surface area (Å²) < 4.78 is 7.22. The lowest BCUT2D eigenvalue weighted by molar-refractivity contribution is -0.149. The summed E-state index contributed by atoms with van der Waals surface area (Å²) >= 11 is 0. The highest BCUT2D eigenvalue weighted by molar-refractivity contribution is 5.71. The Morgan fingerprint density at radius 3 is 2.94 bits per heavy atom. The average molecular weight is 252 g/mol. The lowest BCUT2D eigenvalue weighted by Crippen LogP contribution is -2.20. The standard InChI is InChI=1S/C13H20N2O3/c1-10(13(16)17)18-9-11-7-8-15(14-11)12-5-3-2-4-6-12/h7-8,10,12H,2-6,9H2,1H3,(H,16,17)/t10-/m1/s1. The SMILES string of the molecule is C[C@@H](OCc1ccn(C2CCCCC2)n1)C(=O)O. The van der Waals surface area contributed by atoms with Crippen LogP contribution < -0.4 is 0 Å². The van der Waals surface area contributed by atoms with Gasteiger partial charge in [0, 0.05) is 6.20 Å². The summed E-state index contributed by atoms with van der Waals surface area (Å²) in [5.41, 5.74) is 0.800. The van der Waals surface area contributed by atoms with E-state index in [0.29, 0.717) is 6.04 Å². The van der Waals surface area contributed by atoms with Crippen LogP contribution in [0.25, 0.3) is 0 Å². The Morgan fingerprint density at radius 1 is 1.56 bits per heavy atom. The van der Waals surface area contributed by atoms with Gasteiger partial charge >= 0.3 is 5.97 Å². The lowest BCUT2D eigenvalue weighted by atomic mass is 9.96. The van der Waals surface area contributed by atoms with Crippen molar-refractivity contribution in [1.29, 1.82) is 0 Å². The number of carbonyl (C=O) groups is 1. The molecule has 5 heteroatoms. The molecule has 1 fully saturated rings. The first-order chi connectivity index (χ1) is 8.66. The number of hydrogen-bond donors (Lipinski definition) is 1. The van der Waals surface area contributed by atoms with E-state index in [1.807, 2.05) is 16.9 Å². The average Bonchev–Trinajstić information content (AvgIpc) is 2.85. The monoisotopic (exact) mass is 252 g/mol. The normalized spacial score (nSPS) is 18.7. The van der Waals surface area contributed by atoms with Gasteiger partial charge in [0.05, 0.1) is 18.3 Å². The number of carboxylic acid groups (broad SMARTS) is 1. The van der Waals surface area contributed by atoms with Crippen LogP contribution in [0.15, 0.2) is 12.3 Å². The van der Waals surface area contributed by atoms with Gasteiger partial charge in [-0.15, -0.1) is 0 Å². The minimum atomic E-state index is -0.943. The van der Waals surface area contributed by atoms with Crippen LogP contribution in [0.3, 0.4) is 0 Å². The van der Waals surface area contributed by atoms with Crippen molar-refractivity contribution in [2.24, 2.45) is 0 Å². The summed E-state index contributed by atoms with van der Waals surface area (Å²) in [5.74, 6) is -0.943. The number of aromatic nitrogens is 2. The molecule has 0 aromatic carbocycles. The van der Waals surface area contributed by atoms with Gasteiger partial charge < -0.3 is 9.84 Å². The van der Waals surface area contributed by atoms with Crippen molar-refractivity contribution >= 4 is 5.97 Å². The Hall–Kier alpha value is -1.36. The molecule has 1 aromatic rings. The third-order valence-electron chi connectivity index (χ3n) is 3.44. The highest BCUT2D eigenvalue weighted by Crippen LogP contribution is 2.27. The second kappa shape index (κ2) is 6.00. The summed E-state index contributed by atoms with van der Waals surface area (Å²) in [6.45, 7) is 1.79. The first-order valence-electron chi connectivity index (χ1n) is 6.55. The van der Waals surface area contributed by atoms with Crippen LogP contribution in [0.2, 0.25) is 0 Å². The predicted molar refractivity (Wildman–Crippen MR) is 66.2 cm³/mol. The zero-order valence-corrected chi connectivity index (χ0v) is 10.7. The van der Waals surface area contributed by atoms with Crippen molar-refractivity contribution in [3.8, 4) is 0 Å². The molecule has 2 rings (SSSR count). The molecule has 0 radical (unpaired) electrons. The molecule has 18 heavy (non-hydrogen) atoms. The van der Waals surface area contributed by atoms with Gasteiger partial charge in [0.15, 0.2) is 6.10 Å². The van der Waals surface area contributed by atoms with Crippen LogP contribution in [-0.2, 0) is 16.1 Å². The van der Waals surface area contributed by atoms with E-state index in [4.69, 9.17) is 9.84 Å². The molecule has 0 saturated heterocycles. The largest absolute Gasteiger partial charge is 0.479 e. The summed E-state index contributed by atoms with van der Waals surface area (Å²) in [6, 6.07) is 2.41. The number of rotatable bonds is 5. The van der Waals surface area contributed by atoms with Crippen LogP contribution in [0.5, 0.6) is 0 Å². The molecular weight excluding hydrogens is 232 g/mol. The molecule has 0 amide bonds. The van der Waals surface area contributed by atoms with Crippen molar-refractivity contribution in [2.75, 3.05) is 0 Å². The number of hydrogen-bond acceptors (Lipinski definition) is 3. The van der Waals surface area contributed by atoms with E-state index in [0.717, 1.165) is 5.69 Å². The third kappa shape index (κ3) is 3.32. The summed E-state index contributed by atoms with van der Waals surface area (Å²) in [7, 11) is 0. The molecule has 1 aliphatic carbocycles.